The van der Waals surface area contributed by atoms with Crippen LogP contribution in [-0.4, -0.2) is 70.0 Å². The number of carbonyl (C=O) groups excluding carboxylic acids is 2. The van der Waals surface area contributed by atoms with E-state index in [2.05, 4.69) is 10.2 Å². The van der Waals surface area contributed by atoms with Crippen molar-refractivity contribution in [3.05, 3.63) is 34.4 Å². The minimum atomic E-state index is -3.14. The van der Waals surface area contributed by atoms with Gasteiger partial charge in [-0.25, -0.2) is 27.5 Å². The SMILES string of the molecule is O=C(OCC(=O)N(C1CCCC1)C1CCS(=O)(=O)C1)c1ccc2n[nH]c(=O)n2c1. The van der Waals surface area contributed by atoms with E-state index in [0.29, 0.717) is 12.1 Å². The van der Waals surface area contributed by atoms with Crippen molar-refractivity contribution in [3.63, 3.8) is 0 Å². The lowest BCUT2D eigenvalue weighted by atomic mass is 10.1. The third-order valence-electron chi connectivity index (χ3n) is 5.58. The monoisotopic (exact) mass is 422 g/mol. The number of amides is 1. The van der Waals surface area contributed by atoms with Crippen LogP contribution in [0.15, 0.2) is 23.1 Å². The largest absolute Gasteiger partial charge is 0.452 e. The summed E-state index contributed by atoms with van der Waals surface area (Å²) in [6, 6.07) is 2.57. The lowest BCUT2D eigenvalue weighted by Gasteiger charge is -2.33. The number of nitrogens with zero attached hydrogens (tertiary/aromatic N) is 3. The average molecular weight is 422 g/mol. The maximum Gasteiger partial charge on any atom is 0.347 e. The molecule has 1 N–H and O–H groups in total. The molecule has 1 saturated carbocycles. The Morgan fingerprint density at radius 1 is 1.21 bits per heavy atom. The number of rotatable bonds is 5. The first-order chi connectivity index (χ1) is 13.8. The molecule has 0 aromatic carbocycles. The molecule has 0 spiro atoms. The second kappa shape index (κ2) is 7.62. The predicted octanol–water partition coefficient (Wildman–Crippen LogP) is 0.138. The van der Waals surface area contributed by atoms with E-state index in [-0.39, 0.29) is 35.1 Å². The van der Waals surface area contributed by atoms with E-state index in [1.54, 1.807) is 4.90 Å². The normalized spacial score (nSPS) is 21.4. The first kappa shape index (κ1) is 19.6. The summed E-state index contributed by atoms with van der Waals surface area (Å²) < 4.78 is 30.1. The van der Waals surface area contributed by atoms with Crippen LogP contribution in [0.25, 0.3) is 5.65 Å². The van der Waals surface area contributed by atoms with Crippen LogP contribution in [0, 0.1) is 0 Å². The molecule has 1 amide bonds. The molecule has 29 heavy (non-hydrogen) atoms. The van der Waals surface area contributed by atoms with Gasteiger partial charge in [-0.05, 0) is 31.4 Å². The van der Waals surface area contributed by atoms with Gasteiger partial charge in [0.15, 0.2) is 22.1 Å². The van der Waals surface area contributed by atoms with Crippen molar-refractivity contribution >= 4 is 27.4 Å². The Morgan fingerprint density at radius 2 is 1.97 bits per heavy atom. The number of nitrogens with one attached hydrogen (secondary N) is 1. The lowest BCUT2D eigenvalue weighted by molar-refractivity contribution is -0.139. The molecule has 2 aromatic rings. The van der Waals surface area contributed by atoms with Gasteiger partial charge in [-0.1, -0.05) is 12.8 Å². The van der Waals surface area contributed by atoms with Gasteiger partial charge in [-0.3, -0.25) is 4.79 Å². The second-order valence-corrected chi connectivity index (χ2v) is 9.78. The highest BCUT2D eigenvalue weighted by atomic mass is 32.2. The van der Waals surface area contributed by atoms with Gasteiger partial charge >= 0.3 is 11.7 Å². The number of aromatic amines is 1. The second-order valence-electron chi connectivity index (χ2n) is 7.55. The Balaban J connectivity index is 1.46. The molecule has 2 aromatic heterocycles. The highest BCUT2D eigenvalue weighted by Gasteiger charge is 2.39. The Morgan fingerprint density at radius 3 is 2.66 bits per heavy atom. The first-order valence-electron chi connectivity index (χ1n) is 9.59. The highest BCUT2D eigenvalue weighted by molar-refractivity contribution is 7.91. The number of fused-ring (bicyclic) bond motifs is 1. The van der Waals surface area contributed by atoms with Crippen molar-refractivity contribution in [3.8, 4) is 0 Å². The van der Waals surface area contributed by atoms with Crippen LogP contribution >= 0.6 is 0 Å². The topological polar surface area (TPSA) is 131 Å². The van der Waals surface area contributed by atoms with E-state index >= 15 is 0 Å². The molecule has 2 aliphatic rings. The van der Waals surface area contributed by atoms with Crippen LogP contribution in [0.2, 0.25) is 0 Å². The van der Waals surface area contributed by atoms with Crippen LogP contribution in [0.1, 0.15) is 42.5 Å². The maximum absolute atomic E-state index is 12.9. The van der Waals surface area contributed by atoms with Crippen molar-refractivity contribution in [1.82, 2.24) is 19.5 Å². The Hall–Kier alpha value is -2.69. The summed E-state index contributed by atoms with van der Waals surface area (Å²) >= 11 is 0. The lowest BCUT2D eigenvalue weighted by Crippen LogP contribution is -2.48. The smallest absolute Gasteiger partial charge is 0.347 e. The molecule has 1 aliphatic heterocycles. The van der Waals surface area contributed by atoms with Crippen molar-refractivity contribution < 1.29 is 22.7 Å². The zero-order valence-corrected chi connectivity index (χ0v) is 16.6. The van der Waals surface area contributed by atoms with Gasteiger partial charge < -0.3 is 9.64 Å². The first-order valence-corrected chi connectivity index (χ1v) is 11.4. The number of pyridine rings is 1. The Kier molecular flexibility index (Phi) is 5.15. The molecule has 1 atom stereocenters. The van der Waals surface area contributed by atoms with Gasteiger partial charge in [0.25, 0.3) is 5.91 Å². The zero-order chi connectivity index (χ0) is 20.6. The summed E-state index contributed by atoms with van der Waals surface area (Å²) in [5.41, 5.74) is -0.0114. The number of esters is 1. The Labute approximate surface area is 166 Å². The minimum absolute atomic E-state index is 0.0136. The molecular formula is C18H22N4O6S. The van der Waals surface area contributed by atoms with E-state index in [1.807, 2.05) is 0 Å². The van der Waals surface area contributed by atoms with E-state index in [0.717, 1.165) is 25.7 Å². The number of aromatic nitrogens is 3. The molecular weight excluding hydrogens is 400 g/mol. The fourth-order valence-corrected chi connectivity index (χ4v) is 5.91. The molecule has 156 valence electrons. The van der Waals surface area contributed by atoms with Gasteiger partial charge in [0.1, 0.15) is 0 Å². The molecule has 1 saturated heterocycles. The summed E-state index contributed by atoms with van der Waals surface area (Å²) in [7, 11) is -3.14. The number of H-pyrrole nitrogens is 1. The quantitative estimate of drug-likeness (QED) is 0.678. The van der Waals surface area contributed by atoms with Crippen molar-refractivity contribution in [1.29, 1.82) is 0 Å². The van der Waals surface area contributed by atoms with Crippen molar-refractivity contribution in [2.75, 3.05) is 18.1 Å². The van der Waals surface area contributed by atoms with Crippen molar-refractivity contribution in [2.45, 2.75) is 44.2 Å². The number of carbonyl (C=O) groups is 2. The molecule has 11 heteroatoms. The van der Waals surface area contributed by atoms with Crippen LogP contribution in [0.3, 0.4) is 0 Å². The fourth-order valence-electron chi connectivity index (χ4n) is 4.19. The molecule has 2 fully saturated rings. The number of hydrogen-bond donors (Lipinski definition) is 1. The minimum Gasteiger partial charge on any atom is -0.452 e. The zero-order valence-electron chi connectivity index (χ0n) is 15.7. The Bertz CT molecular complexity index is 1100. The van der Waals surface area contributed by atoms with Gasteiger partial charge in [0.05, 0.1) is 17.1 Å². The number of ether oxygens (including phenoxy) is 1. The van der Waals surface area contributed by atoms with Crippen LogP contribution in [0.5, 0.6) is 0 Å². The van der Waals surface area contributed by atoms with Crippen LogP contribution in [-0.2, 0) is 19.4 Å². The standard InChI is InChI=1S/C18H22N4O6S/c23-16(22(13-3-1-2-4-13)14-7-8-29(26,27)11-14)10-28-17(24)12-5-6-15-19-20-18(25)21(15)9-12/h5-6,9,13-14H,1-4,7-8,10-11H2,(H,20,25). The van der Waals surface area contributed by atoms with Gasteiger partial charge in [-0.15, -0.1) is 0 Å². The molecule has 10 nitrogen and oxygen atoms in total. The van der Waals surface area contributed by atoms with Gasteiger partial charge in [0.2, 0.25) is 0 Å². The van der Waals surface area contributed by atoms with E-state index in [9.17, 15) is 22.8 Å². The van der Waals surface area contributed by atoms with Gasteiger partial charge in [-0.2, -0.15) is 5.10 Å². The average Bonchev–Trinajstić information content (AvgIpc) is 3.42. The number of hydrogen-bond acceptors (Lipinski definition) is 7. The van der Waals surface area contributed by atoms with E-state index in [1.165, 1.54) is 22.7 Å². The summed E-state index contributed by atoms with van der Waals surface area (Å²) in [6.07, 6.45) is 5.36. The van der Waals surface area contributed by atoms with Crippen LogP contribution < -0.4 is 5.69 Å². The summed E-state index contributed by atoms with van der Waals surface area (Å²) in [5.74, 6) is -1.08. The van der Waals surface area contributed by atoms with Gasteiger partial charge in [0, 0.05) is 18.3 Å². The summed E-state index contributed by atoms with van der Waals surface area (Å²) in [5, 5.41) is 6.05. The molecule has 3 heterocycles. The molecule has 1 unspecified atom stereocenters. The third-order valence-corrected chi connectivity index (χ3v) is 7.33. The third kappa shape index (κ3) is 4.04. The molecule has 4 rings (SSSR count). The van der Waals surface area contributed by atoms with E-state index in [4.69, 9.17) is 4.74 Å². The number of sulfone groups is 1. The van der Waals surface area contributed by atoms with Crippen LogP contribution in [0.4, 0.5) is 0 Å². The molecule has 0 bridgehead atoms. The maximum atomic E-state index is 12.9. The summed E-state index contributed by atoms with van der Waals surface area (Å²) in [4.78, 5) is 38.5. The predicted molar refractivity (Wildman–Crippen MR) is 102 cm³/mol. The fraction of sp³-hybridized carbons (Fsp3) is 0.556. The highest BCUT2D eigenvalue weighted by Crippen LogP contribution is 2.29. The molecule has 1 aliphatic carbocycles. The van der Waals surface area contributed by atoms with Crippen molar-refractivity contribution in [2.24, 2.45) is 0 Å². The van der Waals surface area contributed by atoms with E-state index < -0.39 is 28.1 Å². The summed E-state index contributed by atoms with van der Waals surface area (Å²) in [6.45, 7) is -0.468. The molecule has 0 radical (unpaired) electrons.